The third kappa shape index (κ3) is 3.31. The van der Waals surface area contributed by atoms with Crippen LogP contribution in [0.15, 0.2) is 24.3 Å². The quantitative estimate of drug-likeness (QED) is 0.722. The van der Waals surface area contributed by atoms with Gasteiger partial charge in [-0.05, 0) is 31.0 Å². The highest BCUT2D eigenvalue weighted by molar-refractivity contribution is 5.79. The Morgan fingerprint density at radius 2 is 2.28 bits per heavy atom. The predicted molar refractivity (Wildman–Crippen MR) is 70.3 cm³/mol. The summed E-state index contributed by atoms with van der Waals surface area (Å²) in [6.45, 7) is 3.68. The fraction of sp³-hybridized carbons (Fsp3) is 0.500. The SMILES string of the molecule is Cc1ccccc1CC(=O)NCC1(O)CCNC1. The molecule has 2 rings (SSSR count). The summed E-state index contributed by atoms with van der Waals surface area (Å²) in [5.41, 5.74) is 1.38. The van der Waals surface area contributed by atoms with Crippen LogP contribution in [0.3, 0.4) is 0 Å². The zero-order chi connectivity index (χ0) is 13.0. The van der Waals surface area contributed by atoms with E-state index in [2.05, 4.69) is 10.6 Å². The number of benzene rings is 1. The van der Waals surface area contributed by atoms with Crippen LogP contribution in [0.5, 0.6) is 0 Å². The molecule has 3 N–H and O–H groups in total. The van der Waals surface area contributed by atoms with Crippen LogP contribution < -0.4 is 10.6 Å². The number of aliphatic hydroxyl groups is 1. The Balaban J connectivity index is 1.84. The Bertz CT molecular complexity index is 426. The molecule has 4 heteroatoms. The molecule has 1 heterocycles. The van der Waals surface area contributed by atoms with Crippen molar-refractivity contribution in [2.75, 3.05) is 19.6 Å². The minimum absolute atomic E-state index is 0.0374. The van der Waals surface area contributed by atoms with Gasteiger partial charge in [0, 0.05) is 13.1 Å². The molecule has 0 aromatic heterocycles. The number of carbonyl (C=O) groups is 1. The summed E-state index contributed by atoms with van der Waals surface area (Å²) < 4.78 is 0. The highest BCUT2D eigenvalue weighted by Gasteiger charge is 2.31. The number of amides is 1. The van der Waals surface area contributed by atoms with Gasteiger partial charge in [0.2, 0.25) is 5.91 Å². The van der Waals surface area contributed by atoms with E-state index in [0.717, 1.165) is 17.7 Å². The molecule has 1 amide bonds. The van der Waals surface area contributed by atoms with E-state index in [1.54, 1.807) is 0 Å². The number of carbonyl (C=O) groups excluding carboxylic acids is 1. The van der Waals surface area contributed by atoms with Crippen LogP contribution in [0.4, 0.5) is 0 Å². The second-order valence-electron chi connectivity index (χ2n) is 5.03. The van der Waals surface area contributed by atoms with Gasteiger partial charge in [0.1, 0.15) is 0 Å². The predicted octanol–water partition coefficient (Wildman–Crippen LogP) is 0.378. The maximum absolute atomic E-state index is 11.8. The monoisotopic (exact) mass is 248 g/mol. The van der Waals surface area contributed by atoms with Crippen LogP contribution in [0, 0.1) is 6.92 Å². The topological polar surface area (TPSA) is 61.4 Å². The summed E-state index contributed by atoms with van der Waals surface area (Å²) in [5.74, 6) is -0.0374. The van der Waals surface area contributed by atoms with E-state index in [1.807, 2.05) is 31.2 Å². The highest BCUT2D eigenvalue weighted by Crippen LogP contribution is 2.13. The summed E-state index contributed by atoms with van der Waals surface area (Å²) in [6.07, 6.45) is 1.06. The molecule has 0 bridgehead atoms. The highest BCUT2D eigenvalue weighted by atomic mass is 16.3. The molecule has 0 saturated carbocycles. The fourth-order valence-electron chi connectivity index (χ4n) is 2.19. The molecule has 18 heavy (non-hydrogen) atoms. The number of rotatable bonds is 4. The number of aryl methyl sites for hydroxylation is 1. The molecule has 1 aromatic carbocycles. The maximum atomic E-state index is 11.8. The van der Waals surface area contributed by atoms with Gasteiger partial charge >= 0.3 is 0 Å². The average Bonchev–Trinajstić information content (AvgIpc) is 2.77. The second-order valence-corrected chi connectivity index (χ2v) is 5.03. The van der Waals surface area contributed by atoms with Crippen LogP contribution in [0.25, 0.3) is 0 Å². The zero-order valence-corrected chi connectivity index (χ0v) is 10.7. The first-order chi connectivity index (χ1) is 8.59. The van der Waals surface area contributed by atoms with Gasteiger partial charge in [-0.3, -0.25) is 4.79 Å². The van der Waals surface area contributed by atoms with Crippen molar-refractivity contribution in [2.24, 2.45) is 0 Å². The Labute approximate surface area is 107 Å². The lowest BCUT2D eigenvalue weighted by atomic mass is 10.0. The van der Waals surface area contributed by atoms with Crippen LogP contribution in [0.1, 0.15) is 17.5 Å². The molecule has 1 aliphatic heterocycles. The number of nitrogens with one attached hydrogen (secondary N) is 2. The minimum atomic E-state index is -0.776. The minimum Gasteiger partial charge on any atom is -0.387 e. The smallest absolute Gasteiger partial charge is 0.224 e. The fourth-order valence-corrected chi connectivity index (χ4v) is 2.19. The number of hydrogen-bond acceptors (Lipinski definition) is 3. The van der Waals surface area contributed by atoms with Gasteiger partial charge in [-0.15, -0.1) is 0 Å². The van der Waals surface area contributed by atoms with E-state index in [4.69, 9.17) is 0 Å². The molecule has 0 radical (unpaired) electrons. The van der Waals surface area contributed by atoms with Crippen molar-refractivity contribution in [1.29, 1.82) is 0 Å². The van der Waals surface area contributed by atoms with Gasteiger partial charge < -0.3 is 15.7 Å². The molecular formula is C14H20N2O2. The summed E-state index contributed by atoms with van der Waals surface area (Å²) in [6, 6.07) is 7.85. The largest absolute Gasteiger partial charge is 0.387 e. The van der Waals surface area contributed by atoms with E-state index in [9.17, 15) is 9.90 Å². The van der Waals surface area contributed by atoms with Gasteiger partial charge in [-0.2, -0.15) is 0 Å². The molecule has 1 aliphatic rings. The molecule has 1 atom stereocenters. The van der Waals surface area contributed by atoms with Crippen molar-refractivity contribution in [3.8, 4) is 0 Å². The van der Waals surface area contributed by atoms with Crippen molar-refractivity contribution >= 4 is 5.91 Å². The molecule has 0 spiro atoms. The van der Waals surface area contributed by atoms with Gasteiger partial charge in [-0.1, -0.05) is 24.3 Å². The Morgan fingerprint density at radius 1 is 1.50 bits per heavy atom. The lowest BCUT2D eigenvalue weighted by Crippen LogP contribution is -2.44. The lowest BCUT2D eigenvalue weighted by molar-refractivity contribution is -0.121. The molecular weight excluding hydrogens is 228 g/mol. The Kier molecular flexibility index (Phi) is 3.99. The van der Waals surface area contributed by atoms with Gasteiger partial charge in [-0.25, -0.2) is 0 Å². The summed E-state index contributed by atoms with van der Waals surface area (Å²) in [4.78, 5) is 11.8. The van der Waals surface area contributed by atoms with Gasteiger partial charge in [0.15, 0.2) is 0 Å². The van der Waals surface area contributed by atoms with E-state index in [1.165, 1.54) is 0 Å². The van der Waals surface area contributed by atoms with Crippen molar-refractivity contribution in [3.63, 3.8) is 0 Å². The molecule has 1 aromatic rings. The van der Waals surface area contributed by atoms with E-state index >= 15 is 0 Å². The Morgan fingerprint density at radius 3 is 2.94 bits per heavy atom. The summed E-state index contributed by atoms with van der Waals surface area (Å²) >= 11 is 0. The van der Waals surface area contributed by atoms with Crippen molar-refractivity contribution in [2.45, 2.75) is 25.4 Å². The van der Waals surface area contributed by atoms with Crippen molar-refractivity contribution < 1.29 is 9.90 Å². The van der Waals surface area contributed by atoms with Crippen LogP contribution in [0.2, 0.25) is 0 Å². The van der Waals surface area contributed by atoms with Crippen LogP contribution in [-0.2, 0) is 11.2 Å². The third-order valence-corrected chi connectivity index (χ3v) is 3.45. The summed E-state index contributed by atoms with van der Waals surface area (Å²) in [7, 11) is 0. The first kappa shape index (κ1) is 13.1. The zero-order valence-electron chi connectivity index (χ0n) is 10.7. The number of hydrogen-bond donors (Lipinski definition) is 3. The van der Waals surface area contributed by atoms with Crippen molar-refractivity contribution in [1.82, 2.24) is 10.6 Å². The van der Waals surface area contributed by atoms with E-state index in [0.29, 0.717) is 25.9 Å². The molecule has 1 fully saturated rings. The van der Waals surface area contributed by atoms with Gasteiger partial charge in [0.05, 0.1) is 12.0 Å². The van der Waals surface area contributed by atoms with Gasteiger partial charge in [0.25, 0.3) is 0 Å². The summed E-state index contributed by atoms with van der Waals surface area (Å²) in [5, 5.41) is 16.0. The average molecular weight is 248 g/mol. The van der Waals surface area contributed by atoms with Crippen LogP contribution in [-0.4, -0.2) is 36.2 Å². The maximum Gasteiger partial charge on any atom is 0.224 e. The molecule has 0 aliphatic carbocycles. The van der Waals surface area contributed by atoms with E-state index < -0.39 is 5.60 Å². The van der Waals surface area contributed by atoms with Crippen molar-refractivity contribution in [3.05, 3.63) is 35.4 Å². The Hall–Kier alpha value is -1.39. The lowest BCUT2D eigenvalue weighted by Gasteiger charge is -2.21. The molecule has 1 unspecified atom stereocenters. The number of β-amino-alcohol motifs (C(OH)–C–C–N with tert-alkyl or cyclic N) is 1. The first-order valence-corrected chi connectivity index (χ1v) is 6.33. The molecule has 4 nitrogen and oxygen atoms in total. The second kappa shape index (κ2) is 5.50. The molecule has 98 valence electrons. The normalized spacial score (nSPS) is 23.0. The van der Waals surface area contributed by atoms with Crippen LogP contribution >= 0.6 is 0 Å². The van der Waals surface area contributed by atoms with E-state index in [-0.39, 0.29) is 5.91 Å². The molecule has 1 saturated heterocycles. The first-order valence-electron chi connectivity index (χ1n) is 6.33. The standard InChI is InChI=1S/C14H20N2O2/c1-11-4-2-3-5-12(11)8-13(17)16-10-14(18)6-7-15-9-14/h2-5,15,18H,6-10H2,1H3,(H,16,17). The third-order valence-electron chi connectivity index (χ3n) is 3.45.